The third-order valence-electron chi connectivity index (χ3n) is 3.87. The molecule has 1 atom stereocenters. The third-order valence-corrected chi connectivity index (χ3v) is 4.56. The van der Waals surface area contributed by atoms with Crippen LogP contribution in [0.25, 0.3) is 0 Å². The van der Waals surface area contributed by atoms with Gasteiger partial charge in [-0.1, -0.05) is 28.9 Å². The van der Waals surface area contributed by atoms with Crippen molar-refractivity contribution in [1.82, 2.24) is 5.32 Å². The van der Waals surface area contributed by atoms with Crippen molar-refractivity contribution < 1.29 is 0 Å². The highest BCUT2D eigenvalue weighted by atomic mass is 79.9. The fraction of sp³-hybridized carbons (Fsp3) is 0.625. The lowest BCUT2D eigenvalue weighted by Gasteiger charge is -2.29. The Kier molecular flexibility index (Phi) is 5.71. The van der Waals surface area contributed by atoms with E-state index in [1.54, 1.807) is 0 Å². The predicted molar refractivity (Wildman–Crippen MR) is 86.9 cm³/mol. The maximum atomic E-state index is 3.74. The van der Waals surface area contributed by atoms with Crippen molar-refractivity contribution in [1.29, 1.82) is 0 Å². The van der Waals surface area contributed by atoms with Gasteiger partial charge in [0.1, 0.15) is 0 Å². The van der Waals surface area contributed by atoms with E-state index >= 15 is 0 Å². The van der Waals surface area contributed by atoms with Gasteiger partial charge in [0.05, 0.1) is 0 Å². The van der Waals surface area contributed by atoms with Crippen LogP contribution in [0.4, 0.5) is 5.69 Å². The number of hydrogen-bond acceptors (Lipinski definition) is 2. The zero-order chi connectivity index (χ0) is 13.7. The Morgan fingerprint density at radius 1 is 1.26 bits per heavy atom. The van der Waals surface area contributed by atoms with Gasteiger partial charge in [-0.2, -0.15) is 0 Å². The molecule has 1 heterocycles. The average Bonchev–Trinajstić information content (AvgIpc) is 2.45. The molecule has 1 aromatic rings. The number of halogens is 1. The summed E-state index contributed by atoms with van der Waals surface area (Å²) < 4.78 is 1.23. The number of anilines is 1. The second-order valence-corrected chi connectivity index (χ2v) is 6.28. The van der Waals surface area contributed by atoms with Crippen molar-refractivity contribution in [3.8, 4) is 0 Å². The fourth-order valence-corrected chi connectivity index (χ4v) is 3.40. The molecule has 0 saturated carbocycles. The van der Waals surface area contributed by atoms with Gasteiger partial charge in [0, 0.05) is 29.3 Å². The Hall–Kier alpha value is -0.540. The van der Waals surface area contributed by atoms with Gasteiger partial charge in [0.25, 0.3) is 0 Å². The van der Waals surface area contributed by atoms with Crippen LogP contribution >= 0.6 is 15.9 Å². The number of piperidine rings is 1. The lowest BCUT2D eigenvalue weighted by Crippen LogP contribution is -2.29. The molecule has 1 aromatic carbocycles. The summed E-state index contributed by atoms with van der Waals surface area (Å²) in [5.41, 5.74) is 2.72. The number of nitrogens with one attached hydrogen (secondary N) is 1. The van der Waals surface area contributed by atoms with Crippen molar-refractivity contribution >= 4 is 21.6 Å². The van der Waals surface area contributed by atoms with E-state index in [0.29, 0.717) is 6.04 Å². The van der Waals surface area contributed by atoms with Crippen LogP contribution in [0.15, 0.2) is 22.7 Å². The summed E-state index contributed by atoms with van der Waals surface area (Å²) in [4.78, 5) is 2.50. The number of benzene rings is 1. The summed E-state index contributed by atoms with van der Waals surface area (Å²) >= 11 is 3.74. The van der Waals surface area contributed by atoms with E-state index < -0.39 is 0 Å². The molecule has 0 aliphatic carbocycles. The second kappa shape index (κ2) is 7.30. The van der Waals surface area contributed by atoms with E-state index in [-0.39, 0.29) is 0 Å². The third kappa shape index (κ3) is 3.96. The molecule has 3 heteroatoms. The molecule has 1 aliphatic heterocycles. The van der Waals surface area contributed by atoms with Crippen LogP contribution < -0.4 is 10.2 Å². The van der Waals surface area contributed by atoms with Crippen LogP contribution in [0.5, 0.6) is 0 Å². The summed E-state index contributed by atoms with van der Waals surface area (Å²) in [6.45, 7) is 7.91. The number of hydrogen-bond donors (Lipinski definition) is 1. The minimum absolute atomic E-state index is 0.407. The summed E-state index contributed by atoms with van der Waals surface area (Å²) in [6.07, 6.45) is 5.21. The first kappa shape index (κ1) is 14.9. The van der Waals surface area contributed by atoms with Gasteiger partial charge < -0.3 is 10.2 Å². The van der Waals surface area contributed by atoms with Crippen LogP contribution in [0, 0.1) is 0 Å². The van der Waals surface area contributed by atoms with Gasteiger partial charge in [0.2, 0.25) is 0 Å². The van der Waals surface area contributed by atoms with Crippen molar-refractivity contribution in [2.45, 2.75) is 45.6 Å². The first-order valence-corrected chi connectivity index (χ1v) is 8.29. The van der Waals surface area contributed by atoms with Gasteiger partial charge in [-0.15, -0.1) is 0 Å². The lowest BCUT2D eigenvalue weighted by molar-refractivity contribution is 0.567. The smallest absolute Gasteiger partial charge is 0.0377 e. The van der Waals surface area contributed by atoms with E-state index in [0.717, 1.165) is 6.54 Å². The van der Waals surface area contributed by atoms with E-state index in [9.17, 15) is 0 Å². The molecule has 0 bridgehead atoms. The molecule has 0 radical (unpaired) electrons. The van der Waals surface area contributed by atoms with Crippen LogP contribution in [0.2, 0.25) is 0 Å². The molecule has 19 heavy (non-hydrogen) atoms. The van der Waals surface area contributed by atoms with Gasteiger partial charge in [0.15, 0.2) is 0 Å². The SMILES string of the molecule is CCCNC(C)c1ccc(N2CCCCC2)cc1Br. The molecule has 106 valence electrons. The van der Waals surface area contributed by atoms with Crippen molar-refractivity contribution in [3.05, 3.63) is 28.2 Å². The summed E-state index contributed by atoms with van der Waals surface area (Å²) in [5.74, 6) is 0. The van der Waals surface area contributed by atoms with Crippen molar-refractivity contribution in [2.24, 2.45) is 0 Å². The molecular formula is C16H25BrN2. The Labute approximate surface area is 125 Å². The van der Waals surface area contributed by atoms with Crippen molar-refractivity contribution in [3.63, 3.8) is 0 Å². The molecule has 0 amide bonds. The molecule has 2 nitrogen and oxygen atoms in total. The van der Waals surface area contributed by atoms with Crippen LogP contribution in [-0.2, 0) is 0 Å². The van der Waals surface area contributed by atoms with E-state index in [1.807, 2.05) is 0 Å². The molecule has 0 aromatic heterocycles. The maximum Gasteiger partial charge on any atom is 0.0377 e. The molecule has 1 aliphatic rings. The summed E-state index contributed by atoms with van der Waals surface area (Å²) in [7, 11) is 0. The Morgan fingerprint density at radius 2 is 2.00 bits per heavy atom. The van der Waals surface area contributed by atoms with Gasteiger partial charge in [-0.3, -0.25) is 0 Å². The topological polar surface area (TPSA) is 15.3 Å². The van der Waals surface area contributed by atoms with E-state index in [4.69, 9.17) is 0 Å². The van der Waals surface area contributed by atoms with E-state index in [1.165, 1.54) is 54.5 Å². The Morgan fingerprint density at radius 3 is 2.63 bits per heavy atom. The average molecular weight is 325 g/mol. The quantitative estimate of drug-likeness (QED) is 0.857. The summed E-state index contributed by atoms with van der Waals surface area (Å²) in [5, 5.41) is 3.54. The highest BCUT2D eigenvalue weighted by molar-refractivity contribution is 9.10. The van der Waals surface area contributed by atoms with Gasteiger partial charge in [-0.05, 0) is 56.8 Å². The highest BCUT2D eigenvalue weighted by Crippen LogP contribution is 2.29. The Balaban J connectivity index is 2.07. The zero-order valence-corrected chi connectivity index (χ0v) is 13.7. The standard InChI is InChI=1S/C16H25BrN2/c1-3-9-18-13(2)15-8-7-14(12-16(15)17)19-10-5-4-6-11-19/h7-8,12-13,18H,3-6,9-11H2,1-2H3. The predicted octanol–water partition coefficient (Wildman–Crippen LogP) is 4.50. The number of nitrogens with zero attached hydrogens (tertiary/aromatic N) is 1. The van der Waals surface area contributed by atoms with Gasteiger partial charge >= 0.3 is 0 Å². The maximum absolute atomic E-state index is 3.74. The molecular weight excluding hydrogens is 300 g/mol. The molecule has 1 unspecified atom stereocenters. The number of rotatable bonds is 5. The first-order valence-electron chi connectivity index (χ1n) is 7.50. The van der Waals surface area contributed by atoms with E-state index in [2.05, 4.69) is 58.2 Å². The van der Waals surface area contributed by atoms with Crippen LogP contribution in [0.1, 0.15) is 51.1 Å². The molecule has 1 fully saturated rings. The lowest BCUT2D eigenvalue weighted by atomic mass is 10.1. The Bertz CT molecular complexity index is 400. The largest absolute Gasteiger partial charge is 0.372 e. The minimum Gasteiger partial charge on any atom is -0.372 e. The van der Waals surface area contributed by atoms with Crippen molar-refractivity contribution in [2.75, 3.05) is 24.5 Å². The van der Waals surface area contributed by atoms with Gasteiger partial charge in [-0.25, -0.2) is 0 Å². The summed E-state index contributed by atoms with van der Waals surface area (Å²) in [6, 6.07) is 7.23. The van der Waals surface area contributed by atoms with Crippen LogP contribution in [-0.4, -0.2) is 19.6 Å². The molecule has 2 rings (SSSR count). The molecule has 1 saturated heterocycles. The zero-order valence-electron chi connectivity index (χ0n) is 12.1. The molecule has 1 N–H and O–H groups in total. The van der Waals surface area contributed by atoms with Crippen LogP contribution in [0.3, 0.4) is 0 Å². The second-order valence-electron chi connectivity index (χ2n) is 5.43. The fourth-order valence-electron chi connectivity index (χ4n) is 2.69. The normalized spacial score (nSPS) is 17.5. The highest BCUT2D eigenvalue weighted by Gasteiger charge is 2.14. The monoisotopic (exact) mass is 324 g/mol. The minimum atomic E-state index is 0.407. The first-order chi connectivity index (χ1) is 9.22. The molecule has 0 spiro atoms.